The van der Waals surface area contributed by atoms with Crippen molar-refractivity contribution in [1.29, 1.82) is 0 Å². The fourth-order valence-electron chi connectivity index (χ4n) is 1.88. The first kappa shape index (κ1) is 12.3. The van der Waals surface area contributed by atoms with Gasteiger partial charge < -0.3 is 15.7 Å². The van der Waals surface area contributed by atoms with Crippen LogP contribution in [0.2, 0.25) is 0 Å². The van der Waals surface area contributed by atoms with E-state index in [4.69, 9.17) is 0 Å². The van der Waals surface area contributed by atoms with Gasteiger partial charge in [-0.1, -0.05) is 26.2 Å². The molecule has 88 valence electrons. The van der Waals surface area contributed by atoms with Gasteiger partial charge >= 0.3 is 6.03 Å². The van der Waals surface area contributed by atoms with Gasteiger partial charge in [0.25, 0.3) is 0 Å². The van der Waals surface area contributed by atoms with Crippen LogP contribution in [0.25, 0.3) is 0 Å². The van der Waals surface area contributed by atoms with E-state index in [1.807, 2.05) is 0 Å². The van der Waals surface area contributed by atoms with Crippen LogP contribution >= 0.6 is 0 Å². The van der Waals surface area contributed by atoms with Gasteiger partial charge in [-0.2, -0.15) is 0 Å². The molecule has 3 N–H and O–H groups in total. The van der Waals surface area contributed by atoms with Crippen molar-refractivity contribution in [2.75, 3.05) is 6.54 Å². The van der Waals surface area contributed by atoms with Gasteiger partial charge in [-0.05, 0) is 19.3 Å². The summed E-state index contributed by atoms with van der Waals surface area (Å²) in [7, 11) is 0. The van der Waals surface area contributed by atoms with Crippen LogP contribution in [0.15, 0.2) is 0 Å². The maximum absolute atomic E-state index is 11.4. The number of hydrogen-bond donors (Lipinski definition) is 3. The molecule has 0 aliphatic heterocycles. The predicted molar refractivity (Wildman–Crippen MR) is 59.7 cm³/mol. The van der Waals surface area contributed by atoms with E-state index in [9.17, 15) is 9.90 Å². The van der Waals surface area contributed by atoms with Crippen LogP contribution in [-0.4, -0.2) is 29.8 Å². The van der Waals surface area contributed by atoms with Crippen molar-refractivity contribution < 1.29 is 9.90 Å². The third-order valence-electron chi connectivity index (χ3n) is 2.86. The maximum atomic E-state index is 11.4. The molecule has 0 aromatic rings. The Hall–Kier alpha value is -0.770. The summed E-state index contributed by atoms with van der Waals surface area (Å²) in [4.78, 5) is 11.4. The predicted octanol–water partition coefficient (Wildman–Crippen LogP) is 1.39. The molecule has 0 aromatic heterocycles. The number of aliphatic hydroxyl groups is 1. The van der Waals surface area contributed by atoms with Crippen LogP contribution in [0.5, 0.6) is 0 Å². The monoisotopic (exact) mass is 214 g/mol. The first-order valence-electron chi connectivity index (χ1n) is 5.96. The molecule has 2 amide bonds. The Kier molecular flexibility index (Phi) is 5.47. The molecule has 1 aliphatic carbocycles. The Morgan fingerprint density at radius 2 is 2.13 bits per heavy atom. The number of unbranched alkanes of at least 4 members (excludes halogenated alkanes) is 1. The highest BCUT2D eigenvalue weighted by Crippen LogP contribution is 2.17. The molecule has 0 heterocycles. The number of nitrogens with one attached hydrogen (secondary N) is 2. The Labute approximate surface area is 91.4 Å². The van der Waals surface area contributed by atoms with Crippen molar-refractivity contribution in [2.24, 2.45) is 0 Å². The molecule has 0 spiro atoms. The Bertz CT molecular complexity index is 197. The zero-order valence-corrected chi connectivity index (χ0v) is 9.46. The number of urea groups is 1. The highest BCUT2D eigenvalue weighted by molar-refractivity contribution is 5.74. The van der Waals surface area contributed by atoms with Crippen LogP contribution in [-0.2, 0) is 0 Å². The fraction of sp³-hybridized carbons (Fsp3) is 0.909. The minimum Gasteiger partial charge on any atom is -0.391 e. The standard InChI is InChI=1S/C11H22N2O2/c1-2-3-8-12-11(15)13-9-6-4-5-7-10(9)14/h9-10,14H,2-8H2,1H3,(H2,12,13,15)/t9-,10-/m0/s1. The first-order chi connectivity index (χ1) is 7.24. The van der Waals surface area contributed by atoms with Gasteiger partial charge in [0.05, 0.1) is 12.1 Å². The zero-order valence-electron chi connectivity index (χ0n) is 9.46. The smallest absolute Gasteiger partial charge is 0.315 e. The van der Waals surface area contributed by atoms with Crippen molar-refractivity contribution in [2.45, 2.75) is 57.6 Å². The van der Waals surface area contributed by atoms with Crippen LogP contribution in [0.4, 0.5) is 4.79 Å². The summed E-state index contributed by atoms with van der Waals surface area (Å²) in [5.74, 6) is 0. The molecule has 1 fully saturated rings. The van der Waals surface area contributed by atoms with Crippen molar-refractivity contribution in [3.05, 3.63) is 0 Å². The van der Waals surface area contributed by atoms with E-state index in [0.717, 1.165) is 38.5 Å². The number of hydrogen-bond acceptors (Lipinski definition) is 2. The Morgan fingerprint density at radius 3 is 2.80 bits per heavy atom. The zero-order chi connectivity index (χ0) is 11.1. The average Bonchev–Trinajstić information content (AvgIpc) is 2.22. The van der Waals surface area contributed by atoms with Crippen LogP contribution in [0, 0.1) is 0 Å². The lowest BCUT2D eigenvalue weighted by Crippen LogP contribution is -2.49. The molecule has 0 saturated heterocycles. The second-order valence-electron chi connectivity index (χ2n) is 4.21. The summed E-state index contributed by atoms with van der Waals surface area (Å²) < 4.78 is 0. The Balaban J connectivity index is 2.18. The lowest BCUT2D eigenvalue weighted by Gasteiger charge is -2.28. The van der Waals surface area contributed by atoms with Crippen LogP contribution in [0.1, 0.15) is 45.4 Å². The maximum Gasteiger partial charge on any atom is 0.315 e. The molecule has 0 radical (unpaired) electrons. The van der Waals surface area contributed by atoms with E-state index in [1.165, 1.54) is 0 Å². The van der Waals surface area contributed by atoms with Gasteiger partial charge in [0.1, 0.15) is 0 Å². The summed E-state index contributed by atoms with van der Waals surface area (Å²) in [6.07, 6.45) is 5.57. The summed E-state index contributed by atoms with van der Waals surface area (Å²) in [6.45, 7) is 2.80. The number of rotatable bonds is 4. The van der Waals surface area contributed by atoms with Gasteiger partial charge in [-0.3, -0.25) is 0 Å². The van der Waals surface area contributed by atoms with Crippen LogP contribution in [0.3, 0.4) is 0 Å². The molecule has 0 unspecified atom stereocenters. The molecule has 1 rings (SSSR count). The van der Waals surface area contributed by atoms with E-state index in [1.54, 1.807) is 0 Å². The number of amides is 2. The third kappa shape index (κ3) is 4.51. The molecule has 4 nitrogen and oxygen atoms in total. The number of carbonyl (C=O) groups is 1. The Morgan fingerprint density at radius 1 is 1.40 bits per heavy atom. The van der Waals surface area contributed by atoms with Gasteiger partial charge in [0.15, 0.2) is 0 Å². The first-order valence-corrected chi connectivity index (χ1v) is 5.96. The molecule has 2 atom stereocenters. The minimum atomic E-state index is -0.365. The molecule has 0 bridgehead atoms. The van der Waals surface area contributed by atoms with Crippen molar-refractivity contribution in [3.8, 4) is 0 Å². The molecule has 4 heteroatoms. The van der Waals surface area contributed by atoms with E-state index >= 15 is 0 Å². The summed E-state index contributed by atoms with van der Waals surface area (Å²) in [6, 6.07) is -0.199. The molecule has 1 saturated carbocycles. The minimum absolute atomic E-state index is 0.0552. The lowest BCUT2D eigenvalue weighted by molar-refractivity contribution is 0.0943. The summed E-state index contributed by atoms with van der Waals surface area (Å²) in [5, 5.41) is 15.3. The van der Waals surface area contributed by atoms with Gasteiger partial charge in [0.2, 0.25) is 0 Å². The fourth-order valence-corrected chi connectivity index (χ4v) is 1.88. The van der Waals surface area contributed by atoms with Gasteiger partial charge in [-0.15, -0.1) is 0 Å². The van der Waals surface area contributed by atoms with E-state index in [0.29, 0.717) is 6.54 Å². The van der Waals surface area contributed by atoms with E-state index in [2.05, 4.69) is 17.6 Å². The van der Waals surface area contributed by atoms with Gasteiger partial charge in [0, 0.05) is 6.54 Å². The summed E-state index contributed by atoms with van der Waals surface area (Å²) in [5.41, 5.74) is 0. The van der Waals surface area contributed by atoms with E-state index < -0.39 is 0 Å². The van der Waals surface area contributed by atoms with Crippen molar-refractivity contribution >= 4 is 6.03 Å². The normalized spacial score (nSPS) is 26.0. The third-order valence-corrected chi connectivity index (χ3v) is 2.86. The molecular formula is C11H22N2O2. The number of aliphatic hydroxyl groups excluding tert-OH is 1. The van der Waals surface area contributed by atoms with E-state index in [-0.39, 0.29) is 18.2 Å². The molecule has 15 heavy (non-hydrogen) atoms. The molecular weight excluding hydrogens is 192 g/mol. The van der Waals surface area contributed by atoms with Crippen molar-refractivity contribution in [1.82, 2.24) is 10.6 Å². The van der Waals surface area contributed by atoms with Crippen molar-refractivity contribution in [3.63, 3.8) is 0 Å². The molecule has 0 aromatic carbocycles. The SMILES string of the molecule is CCCCNC(=O)N[C@H]1CCCC[C@@H]1O. The second kappa shape index (κ2) is 6.67. The highest BCUT2D eigenvalue weighted by atomic mass is 16.3. The lowest BCUT2D eigenvalue weighted by atomic mass is 9.93. The quantitative estimate of drug-likeness (QED) is 0.619. The molecule has 1 aliphatic rings. The average molecular weight is 214 g/mol. The topological polar surface area (TPSA) is 61.4 Å². The second-order valence-corrected chi connectivity index (χ2v) is 4.21. The van der Waals surface area contributed by atoms with Crippen LogP contribution < -0.4 is 10.6 Å². The van der Waals surface area contributed by atoms with Gasteiger partial charge in [-0.25, -0.2) is 4.79 Å². The highest BCUT2D eigenvalue weighted by Gasteiger charge is 2.23. The number of carbonyl (C=O) groups excluding carboxylic acids is 1. The summed E-state index contributed by atoms with van der Waals surface area (Å²) >= 11 is 0. The largest absolute Gasteiger partial charge is 0.391 e.